The number of hydrogen-bond donors (Lipinski definition) is 1. The van der Waals surface area contributed by atoms with Crippen molar-refractivity contribution in [1.82, 2.24) is 15.1 Å². The molecular formula is C15H31N3O2. The first-order valence-corrected chi connectivity index (χ1v) is 7.92. The number of nitrogens with zero attached hydrogens (tertiary/aromatic N) is 2. The first-order chi connectivity index (χ1) is 9.56. The summed E-state index contributed by atoms with van der Waals surface area (Å²) in [5.74, 6) is -0.303. The molecule has 1 N–H and O–H groups in total. The fraction of sp³-hybridized carbons (Fsp3) is 1.00. The summed E-state index contributed by atoms with van der Waals surface area (Å²) in [5, 5.41) is 3.64. The average Bonchev–Trinajstić information content (AvgIpc) is 2.87. The molecule has 2 aliphatic rings. The molecule has 2 rings (SSSR count). The molecule has 1 aliphatic carbocycles. The van der Waals surface area contributed by atoms with Gasteiger partial charge in [-0.25, -0.2) is 0 Å². The van der Waals surface area contributed by atoms with Gasteiger partial charge in [0.05, 0.1) is 13.2 Å². The van der Waals surface area contributed by atoms with Crippen molar-refractivity contribution < 1.29 is 9.47 Å². The molecular weight excluding hydrogens is 254 g/mol. The maximum Gasteiger partial charge on any atom is 0.170 e. The standard InChI is InChI=1S/C15H31N3O2/c1-5-16-13-6-7-15(19-10-11-20-15)12-14(13)18(4)9-8-17(2)3/h13-14,16H,5-12H2,1-4H3. The van der Waals surface area contributed by atoms with Crippen LogP contribution in [0.2, 0.25) is 0 Å². The van der Waals surface area contributed by atoms with Crippen LogP contribution in [0.1, 0.15) is 26.2 Å². The molecule has 2 fully saturated rings. The predicted octanol–water partition coefficient (Wildman–Crippen LogP) is 0.754. The SMILES string of the molecule is CCNC1CCC2(CC1N(C)CCN(C)C)OCCO2. The van der Waals surface area contributed by atoms with Crippen LogP contribution in [-0.2, 0) is 9.47 Å². The van der Waals surface area contributed by atoms with Crippen molar-refractivity contribution in [2.75, 3.05) is 54.0 Å². The van der Waals surface area contributed by atoms with Crippen molar-refractivity contribution in [3.8, 4) is 0 Å². The third-order valence-electron chi connectivity index (χ3n) is 4.57. The van der Waals surface area contributed by atoms with Crippen LogP contribution in [0.5, 0.6) is 0 Å². The molecule has 1 spiro atoms. The lowest BCUT2D eigenvalue weighted by atomic mass is 9.84. The Labute approximate surface area is 123 Å². The molecule has 1 aliphatic heterocycles. The Hall–Kier alpha value is -0.200. The molecule has 118 valence electrons. The number of nitrogens with one attached hydrogen (secondary N) is 1. The molecule has 0 aromatic carbocycles. The quantitative estimate of drug-likeness (QED) is 0.779. The van der Waals surface area contributed by atoms with E-state index in [-0.39, 0.29) is 5.79 Å². The van der Waals surface area contributed by atoms with Gasteiger partial charge in [-0.05, 0) is 34.1 Å². The van der Waals surface area contributed by atoms with E-state index in [9.17, 15) is 0 Å². The Kier molecular flexibility index (Phi) is 5.81. The number of ether oxygens (including phenoxy) is 2. The van der Waals surface area contributed by atoms with Crippen molar-refractivity contribution in [3.05, 3.63) is 0 Å². The van der Waals surface area contributed by atoms with Crippen LogP contribution in [-0.4, -0.2) is 81.7 Å². The maximum atomic E-state index is 5.93. The minimum absolute atomic E-state index is 0.303. The Morgan fingerprint density at radius 3 is 2.45 bits per heavy atom. The molecule has 1 saturated carbocycles. The van der Waals surface area contributed by atoms with Gasteiger partial charge in [0.1, 0.15) is 0 Å². The minimum Gasteiger partial charge on any atom is -0.347 e. The second-order valence-electron chi connectivity index (χ2n) is 6.37. The molecule has 20 heavy (non-hydrogen) atoms. The summed E-state index contributed by atoms with van der Waals surface area (Å²) in [6.45, 7) is 6.87. The Balaban J connectivity index is 1.98. The van der Waals surface area contributed by atoms with Gasteiger partial charge in [0.25, 0.3) is 0 Å². The van der Waals surface area contributed by atoms with Gasteiger partial charge in [-0.3, -0.25) is 0 Å². The van der Waals surface area contributed by atoms with Crippen LogP contribution in [0, 0.1) is 0 Å². The predicted molar refractivity (Wildman–Crippen MR) is 80.9 cm³/mol. The summed E-state index contributed by atoms with van der Waals surface area (Å²) in [5.41, 5.74) is 0. The minimum atomic E-state index is -0.303. The summed E-state index contributed by atoms with van der Waals surface area (Å²) in [7, 11) is 6.48. The molecule has 0 aromatic rings. The zero-order valence-corrected chi connectivity index (χ0v) is 13.5. The molecule has 2 atom stereocenters. The Morgan fingerprint density at radius 1 is 1.15 bits per heavy atom. The van der Waals surface area contributed by atoms with E-state index in [4.69, 9.17) is 9.47 Å². The molecule has 1 heterocycles. The van der Waals surface area contributed by atoms with Crippen LogP contribution in [0.3, 0.4) is 0 Å². The van der Waals surface area contributed by atoms with Crippen molar-refractivity contribution in [2.45, 2.75) is 44.1 Å². The smallest absolute Gasteiger partial charge is 0.170 e. The van der Waals surface area contributed by atoms with E-state index in [2.05, 4.69) is 43.2 Å². The molecule has 0 amide bonds. The molecule has 0 aromatic heterocycles. The van der Waals surface area contributed by atoms with Gasteiger partial charge in [0.2, 0.25) is 0 Å². The van der Waals surface area contributed by atoms with Gasteiger partial charge < -0.3 is 24.6 Å². The van der Waals surface area contributed by atoms with Gasteiger partial charge in [0.15, 0.2) is 5.79 Å². The molecule has 0 radical (unpaired) electrons. The van der Waals surface area contributed by atoms with E-state index in [1.807, 2.05) is 0 Å². The van der Waals surface area contributed by atoms with Gasteiger partial charge in [-0.2, -0.15) is 0 Å². The second-order valence-corrected chi connectivity index (χ2v) is 6.37. The third kappa shape index (κ3) is 3.92. The fourth-order valence-electron chi connectivity index (χ4n) is 3.38. The monoisotopic (exact) mass is 285 g/mol. The summed E-state index contributed by atoms with van der Waals surface area (Å²) in [4.78, 5) is 4.71. The van der Waals surface area contributed by atoms with E-state index in [1.54, 1.807) is 0 Å². The highest BCUT2D eigenvalue weighted by molar-refractivity contribution is 4.95. The van der Waals surface area contributed by atoms with Crippen LogP contribution < -0.4 is 5.32 Å². The zero-order chi connectivity index (χ0) is 14.6. The lowest BCUT2D eigenvalue weighted by Gasteiger charge is -2.45. The lowest BCUT2D eigenvalue weighted by molar-refractivity contribution is -0.192. The van der Waals surface area contributed by atoms with Gasteiger partial charge >= 0.3 is 0 Å². The van der Waals surface area contributed by atoms with E-state index >= 15 is 0 Å². The maximum absolute atomic E-state index is 5.93. The lowest BCUT2D eigenvalue weighted by Crippen LogP contribution is -2.57. The fourth-order valence-corrected chi connectivity index (χ4v) is 3.38. The van der Waals surface area contributed by atoms with Crippen molar-refractivity contribution >= 4 is 0 Å². The average molecular weight is 285 g/mol. The van der Waals surface area contributed by atoms with E-state index in [0.717, 1.165) is 52.1 Å². The largest absolute Gasteiger partial charge is 0.347 e. The first-order valence-electron chi connectivity index (χ1n) is 7.92. The van der Waals surface area contributed by atoms with E-state index in [0.29, 0.717) is 12.1 Å². The van der Waals surface area contributed by atoms with Gasteiger partial charge in [-0.15, -0.1) is 0 Å². The van der Waals surface area contributed by atoms with Gasteiger partial charge in [0, 0.05) is 38.0 Å². The zero-order valence-electron chi connectivity index (χ0n) is 13.5. The molecule has 5 nitrogen and oxygen atoms in total. The number of hydrogen-bond acceptors (Lipinski definition) is 5. The van der Waals surface area contributed by atoms with Crippen molar-refractivity contribution in [1.29, 1.82) is 0 Å². The topological polar surface area (TPSA) is 37.0 Å². The Bertz CT molecular complexity index is 293. The summed E-state index contributed by atoms with van der Waals surface area (Å²) < 4.78 is 11.9. The van der Waals surface area contributed by atoms with Crippen molar-refractivity contribution in [2.24, 2.45) is 0 Å². The summed E-state index contributed by atoms with van der Waals surface area (Å²) in [6, 6.07) is 1.03. The molecule has 1 saturated heterocycles. The summed E-state index contributed by atoms with van der Waals surface area (Å²) >= 11 is 0. The van der Waals surface area contributed by atoms with E-state index < -0.39 is 0 Å². The highest BCUT2D eigenvalue weighted by Gasteiger charge is 2.45. The van der Waals surface area contributed by atoms with E-state index in [1.165, 1.54) is 0 Å². The molecule has 5 heteroatoms. The van der Waals surface area contributed by atoms with Crippen LogP contribution in [0.15, 0.2) is 0 Å². The summed E-state index contributed by atoms with van der Waals surface area (Å²) in [6.07, 6.45) is 3.13. The molecule has 0 bridgehead atoms. The normalized spacial score (nSPS) is 29.7. The van der Waals surface area contributed by atoms with Crippen molar-refractivity contribution in [3.63, 3.8) is 0 Å². The third-order valence-corrected chi connectivity index (χ3v) is 4.57. The highest BCUT2D eigenvalue weighted by atomic mass is 16.7. The number of likely N-dealkylation sites (N-methyl/N-ethyl adjacent to an activating group) is 3. The van der Waals surface area contributed by atoms with Crippen LogP contribution >= 0.6 is 0 Å². The Morgan fingerprint density at radius 2 is 1.85 bits per heavy atom. The highest BCUT2D eigenvalue weighted by Crippen LogP contribution is 2.37. The first kappa shape index (κ1) is 16.2. The number of rotatable bonds is 6. The second kappa shape index (κ2) is 7.18. The van der Waals surface area contributed by atoms with Crippen LogP contribution in [0.4, 0.5) is 0 Å². The van der Waals surface area contributed by atoms with Gasteiger partial charge in [-0.1, -0.05) is 6.92 Å². The van der Waals surface area contributed by atoms with Crippen LogP contribution in [0.25, 0.3) is 0 Å². The molecule has 2 unspecified atom stereocenters.